The van der Waals surface area contributed by atoms with Gasteiger partial charge in [0, 0.05) is 31.4 Å². The molecule has 3 heteroatoms. The van der Waals surface area contributed by atoms with Gasteiger partial charge in [0.25, 0.3) is 0 Å². The second kappa shape index (κ2) is 2.87. The zero-order valence-electron chi connectivity index (χ0n) is 9.08. The standard InChI is InChI=1S/C13H12N2O/c1-3-9-4-5-11-10(6-9)13(7-14-8-13)12(16)15(11)2/h1,4-6,14H,7-8H2,2H3. The normalized spacial score (nSPS) is 20.5. The summed E-state index contributed by atoms with van der Waals surface area (Å²) in [5.74, 6) is 2.80. The van der Waals surface area contributed by atoms with Crippen molar-refractivity contribution in [3.8, 4) is 12.3 Å². The predicted molar refractivity (Wildman–Crippen MR) is 62.3 cm³/mol. The second-order valence-corrected chi connectivity index (χ2v) is 4.43. The number of hydrogen-bond acceptors (Lipinski definition) is 2. The maximum atomic E-state index is 12.2. The molecule has 1 aromatic carbocycles. The van der Waals surface area contributed by atoms with Crippen LogP contribution in [0.1, 0.15) is 11.1 Å². The molecule has 2 aliphatic rings. The first-order chi connectivity index (χ1) is 7.69. The van der Waals surface area contributed by atoms with Crippen LogP contribution in [0.15, 0.2) is 18.2 Å². The summed E-state index contributed by atoms with van der Waals surface area (Å²) >= 11 is 0. The Hall–Kier alpha value is -1.79. The van der Waals surface area contributed by atoms with Crippen molar-refractivity contribution in [1.82, 2.24) is 5.32 Å². The summed E-state index contributed by atoms with van der Waals surface area (Å²) in [5, 5.41) is 3.17. The zero-order chi connectivity index (χ0) is 11.3. The molecule has 1 aromatic rings. The topological polar surface area (TPSA) is 32.3 Å². The fourth-order valence-electron chi connectivity index (χ4n) is 2.56. The van der Waals surface area contributed by atoms with Gasteiger partial charge in [0.15, 0.2) is 0 Å². The summed E-state index contributed by atoms with van der Waals surface area (Å²) in [6.45, 7) is 1.44. The van der Waals surface area contributed by atoms with E-state index in [9.17, 15) is 4.79 Å². The summed E-state index contributed by atoms with van der Waals surface area (Å²) in [7, 11) is 1.82. The molecule has 16 heavy (non-hydrogen) atoms. The number of nitrogens with zero attached hydrogens (tertiary/aromatic N) is 1. The van der Waals surface area contributed by atoms with Gasteiger partial charge in [-0.25, -0.2) is 0 Å². The number of hydrogen-bond donors (Lipinski definition) is 1. The molecule has 80 valence electrons. The molecule has 1 spiro atoms. The molecule has 0 saturated carbocycles. The van der Waals surface area contributed by atoms with Crippen LogP contribution < -0.4 is 10.2 Å². The highest BCUT2D eigenvalue weighted by atomic mass is 16.2. The third-order valence-electron chi connectivity index (χ3n) is 3.61. The molecule has 0 radical (unpaired) electrons. The number of benzene rings is 1. The first kappa shape index (κ1) is 9.44. The van der Waals surface area contributed by atoms with Crippen LogP contribution in [0.25, 0.3) is 0 Å². The number of carbonyl (C=O) groups is 1. The van der Waals surface area contributed by atoms with Crippen LogP contribution >= 0.6 is 0 Å². The molecule has 0 atom stereocenters. The molecule has 0 unspecified atom stereocenters. The van der Waals surface area contributed by atoms with Crippen molar-refractivity contribution in [1.29, 1.82) is 0 Å². The third-order valence-corrected chi connectivity index (χ3v) is 3.61. The van der Waals surface area contributed by atoms with Gasteiger partial charge >= 0.3 is 0 Å². The number of fused-ring (bicyclic) bond motifs is 2. The third kappa shape index (κ3) is 0.903. The van der Waals surface area contributed by atoms with E-state index in [1.54, 1.807) is 4.90 Å². The minimum absolute atomic E-state index is 0.176. The van der Waals surface area contributed by atoms with E-state index < -0.39 is 0 Å². The maximum Gasteiger partial charge on any atom is 0.240 e. The lowest BCUT2D eigenvalue weighted by Crippen LogP contribution is -2.61. The van der Waals surface area contributed by atoms with Crippen LogP contribution in [0.2, 0.25) is 0 Å². The molecule has 1 saturated heterocycles. The number of amides is 1. The predicted octanol–water partition coefficient (Wildman–Crippen LogP) is 0.485. The highest BCUT2D eigenvalue weighted by molar-refractivity contribution is 6.09. The van der Waals surface area contributed by atoms with Crippen molar-refractivity contribution in [2.24, 2.45) is 0 Å². The van der Waals surface area contributed by atoms with Gasteiger partial charge in [0.05, 0.1) is 0 Å². The van der Waals surface area contributed by atoms with E-state index in [4.69, 9.17) is 6.42 Å². The summed E-state index contributed by atoms with van der Waals surface area (Å²) in [5.41, 5.74) is 2.56. The van der Waals surface area contributed by atoms with E-state index in [0.717, 1.165) is 29.9 Å². The largest absolute Gasteiger partial charge is 0.314 e. The van der Waals surface area contributed by atoms with Crippen molar-refractivity contribution in [2.75, 3.05) is 25.0 Å². The SMILES string of the molecule is C#Cc1ccc2c(c1)C1(CNC1)C(=O)N2C. The monoisotopic (exact) mass is 212 g/mol. The summed E-state index contributed by atoms with van der Waals surface area (Å²) < 4.78 is 0. The highest BCUT2D eigenvalue weighted by Crippen LogP contribution is 2.43. The molecule has 0 aromatic heterocycles. The Balaban J connectivity index is 2.23. The Bertz CT molecular complexity index is 523. The molecule has 0 bridgehead atoms. The van der Waals surface area contributed by atoms with Gasteiger partial charge in [-0.05, 0) is 23.8 Å². The van der Waals surface area contributed by atoms with E-state index >= 15 is 0 Å². The Kier molecular flexibility index (Phi) is 1.69. The van der Waals surface area contributed by atoms with Crippen LogP contribution in [0.4, 0.5) is 5.69 Å². The smallest absolute Gasteiger partial charge is 0.240 e. The Labute approximate surface area is 94.4 Å². The number of likely N-dealkylation sites (N-methyl/N-ethyl adjacent to an activating group) is 1. The van der Waals surface area contributed by atoms with Gasteiger partial charge in [-0.2, -0.15) is 0 Å². The molecule has 1 N–H and O–H groups in total. The average Bonchev–Trinajstić information content (AvgIpc) is 2.47. The number of anilines is 1. The molecular formula is C13H12N2O. The van der Waals surface area contributed by atoms with Gasteiger partial charge in [-0.1, -0.05) is 5.92 Å². The fraction of sp³-hybridized carbons (Fsp3) is 0.308. The summed E-state index contributed by atoms with van der Waals surface area (Å²) in [6.07, 6.45) is 5.40. The zero-order valence-corrected chi connectivity index (χ0v) is 9.08. The van der Waals surface area contributed by atoms with Gasteiger partial charge in [0.1, 0.15) is 5.41 Å². The Morgan fingerprint density at radius 3 is 2.81 bits per heavy atom. The minimum Gasteiger partial charge on any atom is -0.314 e. The van der Waals surface area contributed by atoms with Crippen LogP contribution in [0.3, 0.4) is 0 Å². The second-order valence-electron chi connectivity index (χ2n) is 4.43. The van der Waals surface area contributed by atoms with Crippen molar-refractivity contribution in [3.05, 3.63) is 29.3 Å². The number of carbonyl (C=O) groups excluding carboxylic acids is 1. The molecule has 2 aliphatic heterocycles. The lowest BCUT2D eigenvalue weighted by molar-refractivity contribution is -0.124. The van der Waals surface area contributed by atoms with Crippen LogP contribution in [-0.2, 0) is 10.2 Å². The molecule has 1 fully saturated rings. The van der Waals surface area contributed by atoms with Crippen molar-refractivity contribution in [3.63, 3.8) is 0 Å². The molecule has 3 rings (SSSR count). The number of nitrogens with one attached hydrogen (secondary N) is 1. The summed E-state index contributed by atoms with van der Waals surface area (Å²) in [4.78, 5) is 13.9. The van der Waals surface area contributed by atoms with E-state index in [-0.39, 0.29) is 11.3 Å². The van der Waals surface area contributed by atoms with E-state index in [0.29, 0.717) is 0 Å². The van der Waals surface area contributed by atoms with Crippen molar-refractivity contribution < 1.29 is 4.79 Å². The number of rotatable bonds is 0. The fourth-order valence-corrected chi connectivity index (χ4v) is 2.56. The summed E-state index contributed by atoms with van der Waals surface area (Å²) in [6, 6.07) is 5.79. The van der Waals surface area contributed by atoms with Gasteiger partial charge in [0.2, 0.25) is 5.91 Å². The lowest BCUT2D eigenvalue weighted by Gasteiger charge is -2.37. The van der Waals surface area contributed by atoms with Gasteiger partial charge in [-0.15, -0.1) is 6.42 Å². The lowest BCUT2D eigenvalue weighted by atomic mass is 9.76. The first-order valence-electron chi connectivity index (χ1n) is 5.29. The number of terminal acetylenes is 1. The molecule has 0 aliphatic carbocycles. The Morgan fingerprint density at radius 1 is 1.50 bits per heavy atom. The minimum atomic E-state index is -0.350. The van der Waals surface area contributed by atoms with Gasteiger partial charge < -0.3 is 10.2 Å². The van der Waals surface area contributed by atoms with E-state index in [1.807, 2.05) is 25.2 Å². The van der Waals surface area contributed by atoms with E-state index in [2.05, 4.69) is 11.2 Å². The maximum absolute atomic E-state index is 12.2. The van der Waals surface area contributed by atoms with E-state index in [1.165, 1.54) is 0 Å². The van der Waals surface area contributed by atoms with Crippen molar-refractivity contribution >= 4 is 11.6 Å². The first-order valence-corrected chi connectivity index (χ1v) is 5.29. The molecule has 2 heterocycles. The van der Waals surface area contributed by atoms with Gasteiger partial charge in [-0.3, -0.25) is 4.79 Å². The highest BCUT2D eigenvalue weighted by Gasteiger charge is 2.53. The Morgan fingerprint density at radius 2 is 2.25 bits per heavy atom. The molecule has 1 amide bonds. The van der Waals surface area contributed by atoms with Crippen LogP contribution in [0, 0.1) is 12.3 Å². The molecule has 3 nitrogen and oxygen atoms in total. The quantitative estimate of drug-likeness (QED) is 0.635. The van der Waals surface area contributed by atoms with Crippen LogP contribution in [0.5, 0.6) is 0 Å². The van der Waals surface area contributed by atoms with Crippen molar-refractivity contribution in [2.45, 2.75) is 5.41 Å². The molecular weight excluding hydrogens is 200 g/mol. The van der Waals surface area contributed by atoms with Crippen LogP contribution in [-0.4, -0.2) is 26.0 Å². The average molecular weight is 212 g/mol.